The second-order valence-electron chi connectivity index (χ2n) is 12.0. The fourth-order valence-corrected chi connectivity index (χ4v) is 11.9. The van der Waals surface area contributed by atoms with Crippen LogP contribution >= 0.6 is 0 Å². The summed E-state index contributed by atoms with van der Waals surface area (Å²) >= 11 is 0. The molecule has 2 N–H and O–H groups in total. The third-order valence-corrected chi connectivity index (χ3v) is 15.5. The molecule has 36 heavy (non-hydrogen) atoms. The van der Waals surface area contributed by atoms with Gasteiger partial charge in [-0.3, -0.25) is 4.57 Å². The maximum Gasteiger partial charge on any atom is 0.351 e. The van der Waals surface area contributed by atoms with Crippen LogP contribution in [0.4, 0.5) is 14.6 Å². The van der Waals surface area contributed by atoms with Crippen LogP contribution in [0.5, 0.6) is 0 Å². The Kier molecular flexibility index (Phi) is 8.45. The largest absolute Gasteiger partial charge is 0.414 e. The highest BCUT2D eigenvalue weighted by atomic mass is 28.4. The van der Waals surface area contributed by atoms with Crippen LogP contribution in [-0.2, 0) is 13.6 Å². The maximum absolute atomic E-state index is 16.1. The van der Waals surface area contributed by atoms with Crippen molar-refractivity contribution in [2.75, 3.05) is 12.3 Å². The predicted octanol–water partition coefficient (Wildman–Crippen LogP) is 5.84. The highest BCUT2D eigenvalue weighted by molar-refractivity contribution is 6.73. The van der Waals surface area contributed by atoms with Gasteiger partial charge in [0.2, 0.25) is 6.23 Å². The molecule has 1 aromatic rings. The molecule has 3 unspecified atom stereocenters. The molecule has 3 fully saturated rings. The van der Waals surface area contributed by atoms with Crippen LogP contribution in [0, 0.1) is 0 Å². The highest BCUT2D eigenvalue weighted by Gasteiger charge is 2.62. The Labute approximate surface area is 215 Å². The van der Waals surface area contributed by atoms with E-state index in [0.29, 0.717) is 11.1 Å². The molecule has 7 nitrogen and oxygen atoms in total. The zero-order valence-corrected chi connectivity index (χ0v) is 24.2. The van der Waals surface area contributed by atoms with Gasteiger partial charge in [0.05, 0.1) is 6.61 Å². The van der Waals surface area contributed by atoms with Crippen molar-refractivity contribution in [3.63, 3.8) is 0 Å². The Morgan fingerprint density at radius 1 is 1.03 bits per heavy atom. The van der Waals surface area contributed by atoms with Gasteiger partial charge in [-0.15, -0.1) is 0 Å². The lowest BCUT2D eigenvalue weighted by Crippen LogP contribution is -2.52. The van der Waals surface area contributed by atoms with E-state index in [9.17, 15) is 4.79 Å². The Balaban J connectivity index is 1.58. The zero-order chi connectivity index (χ0) is 26.1. The normalized spacial score (nSPS) is 28.4. The number of anilines is 1. The Morgan fingerprint density at radius 2 is 1.58 bits per heavy atom. The molecule has 204 valence electrons. The van der Waals surface area contributed by atoms with Gasteiger partial charge in [-0.05, 0) is 43.3 Å². The molecule has 3 atom stereocenters. The molecule has 1 aliphatic heterocycles. The average molecular weight is 544 g/mol. The Hall–Kier alpha value is -1.15. The molecule has 11 heteroatoms. The number of halogens is 2. The molecule has 0 spiro atoms. The van der Waals surface area contributed by atoms with Gasteiger partial charge < -0.3 is 19.3 Å². The standard InChI is InChI=1S/C25H43F2N3O4Si2/c1-35(2,18-11-7-5-8-12-18)32-17-20-22(34-36(3,4)19-13-9-6-10-14-19)25(26,27)23(33-20)30-16-15-21(28)29-24(30)31/h15-16,18-20,22-23H,5-14,17H2,1-4H3,(H2,28,29,31). The van der Waals surface area contributed by atoms with E-state index in [2.05, 4.69) is 18.1 Å². The number of nitrogens with zero attached hydrogens (tertiary/aromatic N) is 2. The summed E-state index contributed by atoms with van der Waals surface area (Å²) in [4.78, 5) is 16.1. The monoisotopic (exact) mass is 543 g/mol. The average Bonchev–Trinajstić information content (AvgIpc) is 3.08. The first-order valence-corrected chi connectivity index (χ1v) is 19.6. The minimum absolute atomic E-state index is 0.0173. The van der Waals surface area contributed by atoms with Crippen LogP contribution in [0.2, 0.25) is 37.3 Å². The van der Waals surface area contributed by atoms with Crippen LogP contribution in [0.15, 0.2) is 17.1 Å². The molecule has 2 heterocycles. The van der Waals surface area contributed by atoms with Crippen molar-refractivity contribution in [3.8, 4) is 0 Å². The van der Waals surface area contributed by atoms with E-state index < -0.39 is 46.7 Å². The molecule has 0 aromatic carbocycles. The third kappa shape index (κ3) is 5.95. The molecule has 1 saturated heterocycles. The molecule has 2 aliphatic carbocycles. The summed E-state index contributed by atoms with van der Waals surface area (Å²) in [6.07, 6.45) is 8.35. The van der Waals surface area contributed by atoms with Crippen molar-refractivity contribution in [2.24, 2.45) is 0 Å². The molecule has 0 bridgehead atoms. The van der Waals surface area contributed by atoms with E-state index in [1.54, 1.807) is 0 Å². The first kappa shape index (κ1) is 27.9. The van der Waals surface area contributed by atoms with Crippen molar-refractivity contribution >= 4 is 22.5 Å². The number of nitrogen functional groups attached to an aromatic ring is 1. The fourth-order valence-electron chi connectivity index (χ4n) is 6.29. The minimum atomic E-state index is -3.43. The van der Waals surface area contributed by atoms with Crippen LogP contribution in [0.3, 0.4) is 0 Å². The van der Waals surface area contributed by atoms with Crippen molar-refractivity contribution in [3.05, 3.63) is 22.7 Å². The van der Waals surface area contributed by atoms with Crippen LogP contribution in [0.1, 0.15) is 70.4 Å². The van der Waals surface area contributed by atoms with Gasteiger partial charge in [-0.1, -0.05) is 64.2 Å². The van der Waals surface area contributed by atoms with Gasteiger partial charge in [0.15, 0.2) is 16.6 Å². The first-order chi connectivity index (χ1) is 16.9. The summed E-state index contributed by atoms with van der Waals surface area (Å²) < 4.78 is 51.8. The van der Waals surface area contributed by atoms with Gasteiger partial charge in [0.25, 0.3) is 0 Å². The molecule has 0 radical (unpaired) electrons. The van der Waals surface area contributed by atoms with E-state index in [4.69, 9.17) is 19.3 Å². The molecule has 2 saturated carbocycles. The quantitative estimate of drug-likeness (QED) is 0.415. The lowest BCUT2D eigenvalue weighted by atomic mass is 10.0. The molecule has 1 aromatic heterocycles. The number of alkyl halides is 2. The van der Waals surface area contributed by atoms with Gasteiger partial charge in [-0.25, -0.2) is 4.79 Å². The highest BCUT2D eigenvalue weighted by Crippen LogP contribution is 2.48. The van der Waals surface area contributed by atoms with E-state index in [1.807, 2.05) is 13.1 Å². The maximum atomic E-state index is 16.1. The van der Waals surface area contributed by atoms with E-state index in [0.717, 1.165) is 43.1 Å². The minimum Gasteiger partial charge on any atom is -0.414 e. The van der Waals surface area contributed by atoms with E-state index in [1.165, 1.54) is 37.9 Å². The summed E-state index contributed by atoms with van der Waals surface area (Å²) in [7, 11) is -4.61. The summed E-state index contributed by atoms with van der Waals surface area (Å²) in [5.41, 5.74) is 5.58. The summed E-state index contributed by atoms with van der Waals surface area (Å²) in [6, 6.07) is 1.33. The summed E-state index contributed by atoms with van der Waals surface area (Å²) in [5.74, 6) is -3.44. The second kappa shape index (κ2) is 10.9. The fraction of sp³-hybridized carbons (Fsp3) is 0.840. The molecular formula is C25H43F2N3O4Si2. The van der Waals surface area contributed by atoms with Crippen molar-refractivity contribution in [1.29, 1.82) is 0 Å². The molecule has 0 amide bonds. The predicted molar refractivity (Wildman–Crippen MR) is 141 cm³/mol. The van der Waals surface area contributed by atoms with Gasteiger partial charge in [0.1, 0.15) is 18.0 Å². The van der Waals surface area contributed by atoms with Crippen molar-refractivity contribution in [1.82, 2.24) is 9.55 Å². The van der Waals surface area contributed by atoms with Crippen molar-refractivity contribution in [2.45, 2.75) is 126 Å². The van der Waals surface area contributed by atoms with E-state index >= 15 is 8.78 Å². The van der Waals surface area contributed by atoms with Gasteiger partial charge >= 0.3 is 11.6 Å². The molecular weight excluding hydrogens is 500 g/mol. The zero-order valence-electron chi connectivity index (χ0n) is 22.2. The Morgan fingerprint density at radius 3 is 2.14 bits per heavy atom. The lowest BCUT2D eigenvalue weighted by Gasteiger charge is -2.40. The third-order valence-electron chi connectivity index (χ3n) is 8.68. The van der Waals surface area contributed by atoms with E-state index in [-0.39, 0.29) is 12.4 Å². The second-order valence-corrected chi connectivity index (χ2v) is 20.5. The molecule has 4 rings (SSSR count). The van der Waals surface area contributed by atoms with Crippen molar-refractivity contribution < 1.29 is 22.4 Å². The first-order valence-electron chi connectivity index (χ1n) is 13.6. The van der Waals surface area contributed by atoms with Crippen LogP contribution < -0.4 is 11.4 Å². The van der Waals surface area contributed by atoms with Crippen LogP contribution in [0.25, 0.3) is 0 Å². The smallest absolute Gasteiger partial charge is 0.351 e. The summed E-state index contributed by atoms with van der Waals surface area (Å²) in [5, 5.41) is 0. The Bertz CT molecular complexity index is 949. The van der Waals surface area contributed by atoms with Crippen LogP contribution in [-0.4, -0.2) is 50.9 Å². The van der Waals surface area contributed by atoms with Gasteiger partial charge in [0, 0.05) is 6.20 Å². The number of hydrogen-bond donors (Lipinski definition) is 1. The number of aromatic nitrogens is 2. The number of ether oxygens (including phenoxy) is 1. The number of hydrogen-bond acceptors (Lipinski definition) is 6. The number of rotatable bonds is 8. The summed E-state index contributed by atoms with van der Waals surface area (Å²) in [6.45, 7) is 8.49. The lowest BCUT2D eigenvalue weighted by molar-refractivity contribution is -0.138. The molecule has 3 aliphatic rings. The topological polar surface area (TPSA) is 88.6 Å². The number of nitrogens with two attached hydrogens (primary N) is 1. The van der Waals surface area contributed by atoms with Gasteiger partial charge in [-0.2, -0.15) is 13.8 Å². The SMILES string of the molecule is C[Si](C)(OCC1OC(n2ccc(N)nc2=O)C(F)(F)C1O[Si](C)(C)C1CCCCC1)C1CCCCC1.